The standard InChI is InChI=1S/C15H20ClNO/c1-11-7-8-12(9-11)10-17-15(18)14(16)13-5-3-2-4-6-13/h2-6,11-12,14H,7-10H2,1H3,(H,17,18). The molecule has 1 saturated carbocycles. The van der Waals surface area contributed by atoms with Crippen LogP contribution >= 0.6 is 11.6 Å². The molecule has 0 spiro atoms. The molecule has 1 fully saturated rings. The second-order valence-corrected chi connectivity index (χ2v) is 5.74. The molecule has 3 unspecified atom stereocenters. The third kappa shape index (κ3) is 3.49. The summed E-state index contributed by atoms with van der Waals surface area (Å²) in [4.78, 5) is 11.9. The zero-order valence-corrected chi connectivity index (χ0v) is 11.5. The van der Waals surface area contributed by atoms with Gasteiger partial charge in [0.15, 0.2) is 0 Å². The lowest BCUT2D eigenvalue weighted by Crippen LogP contribution is -2.31. The first kappa shape index (κ1) is 13.4. The minimum atomic E-state index is -0.579. The minimum Gasteiger partial charge on any atom is -0.354 e. The Hall–Kier alpha value is -1.02. The predicted molar refractivity (Wildman–Crippen MR) is 74.6 cm³/mol. The Balaban J connectivity index is 1.81. The van der Waals surface area contributed by atoms with Gasteiger partial charge in [-0.05, 0) is 30.2 Å². The molecule has 2 rings (SSSR count). The summed E-state index contributed by atoms with van der Waals surface area (Å²) in [7, 11) is 0. The van der Waals surface area contributed by atoms with Crippen LogP contribution in [0.4, 0.5) is 0 Å². The fourth-order valence-electron chi connectivity index (χ4n) is 2.62. The fraction of sp³-hybridized carbons (Fsp3) is 0.533. The van der Waals surface area contributed by atoms with Gasteiger partial charge in [-0.3, -0.25) is 4.79 Å². The summed E-state index contributed by atoms with van der Waals surface area (Å²) in [6.07, 6.45) is 3.72. The van der Waals surface area contributed by atoms with E-state index in [1.54, 1.807) is 0 Å². The van der Waals surface area contributed by atoms with Crippen LogP contribution in [0.25, 0.3) is 0 Å². The van der Waals surface area contributed by atoms with E-state index in [2.05, 4.69) is 12.2 Å². The highest BCUT2D eigenvalue weighted by Crippen LogP contribution is 2.30. The molecule has 98 valence electrons. The second-order valence-electron chi connectivity index (χ2n) is 5.30. The summed E-state index contributed by atoms with van der Waals surface area (Å²) in [6, 6.07) is 9.49. The largest absolute Gasteiger partial charge is 0.354 e. The van der Waals surface area contributed by atoms with Crippen LogP contribution in [0, 0.1) is 11.8 Å². The summed E-state index contributed by atoms with van der Waals surface area (Å²) in [5, 5.41) is 2.39. The van der Waals surface area contributed by atoms with Gasteiger partial charge in [0.05, 0.1) is 0 Å². The number of nitrogens with one attached hydrogen (secondary N) is 1. The number of carbonyl (C=O) groups is 1. The van der Waals surface area contributed by atoms with Gasteiger partial charge in [-0.25, -0.2) is 0 Å². The summed E-state index contributed by atoms with van der Waals surface area (Å²) in [5.74, 6) is 1.35. The van der Waals surface area contributed by atoms with Gasteiger partial charge in [-0.1, -0.05) is 43.7 Å². The third-order valence-corrected chi connectivity index (χ3v) is 4.14. The average Bonchev–Trinajstić information content (AvgIpc) is 2.82. The molecule has 1 N–H and O–H groups in total. The number of alkyl halides is 1. The van der Waals surface area contributed by atoms with Crippen molar-refractivity contribution in [2.75, 3.05) is 6.54 Å². The second kappa shape index (κ2) is 6.24. The number of benzene rings is 1. The molecule has 0 heterocycles. The van der Waals surface area contributed by atoms with E-state index < -0.39 is 5.38 Å². The Morgan fingerprint density at radius 2 is 2.11 bits per heavy atom. The van der Waals surface area contributed by atoms with E-state index in [0.29, 0.717) is 5.92 Å². The Bertz CT molecular complexity index is 393. The van der Waals surface area contributed by atoms with Crippen LogP contribution in [0.5, 0.6) is 0 Å². The fourth-order valence-corrected chi connectivity index (χ4v) is 2.84. The number of rotatable bonds is 4. The summed E-state index contributed by atoms with van der Waals surface area (Å²) in [5.41, 5.74) is 0.858. The molecule has 0 aliphatic heterocycles. The highest BCUT2D eigenvalue weighted by molar-refractivity contribution is 6.30. The highest BCUT2D eigenvalue weighted by atomic mass is 35.5. The molecular formula is C15H20ClNO. The maximum absolute atomic E-state index is 11.9. The maximum Gasteiger partial charge on any atom is 0.242 e. The van der Waals surface area contributed by atoms with Crippen LogP contribution in [-0.2, 0) is 4.79 Å². The molecule has 2 nitrogen and oxygen atoms in total. The first-order valence-corrected chi connectivity index (χ1v) is 7.07. The minimum absolute atomic E-state index is 0.0811. The van der Waals surface area contributed by atoms with E-state index >= 15 is 0 Å². The van der Waals surface area contributed by atoms with Gasteiger partial charge in [0.1, 0.15) is 5.38 Å². The zero-order valence-electron chi connectivity index (χ0n) is 10.7. The quantitative estimate of drug-likeness (QED) is 0.830. The van der Waals surface area contributed by atoms with E-state index in [1.807, 2.05) is 30.3 Å². The van der Waals surface area contributed by atoms with Gasteiger partial charge in [0, 0.05) is 6.54 Å². The highest BCUT2D eigenvalue weighted by Gasteiger charge is 2.23. The number of hydrogen-bond acceptors (Lipinski definition) is 1. The zero-order chi connectivity index (χ0) is 13.0. The van der Waals surface area contributed by atoms with E-state index in [0.717, 1.165) is 18.0 Å². The van der Waals surface area contributed by atoms with Crippen molar-refractivity contribution >= 4 is 17.5 Å². The Labute approximate surface area is 114 Å². The van der Waals surface area contributed by atoms with Crippen molar-refractivity contribution in [3.05, 3.63) is 35.9 Å². The molecule has 0 saturated heterocycles. The van der Waals surface area contributed by atoms with Crippen molar-refractivity contribution in [3.63, 3.8) is 0 Å². The van der Waals surface area contributed by atoms with Crippen molar-refractivity contribution in [1.29, 1.82) is 0 Å². The molecule has 1 aliphatic rings. The number of halogens is 1. The normalized spacial score (nSPS) is 24.8. The Morgan fingerprint density at radius 1 is 1.39 bits per heavy atom. The number of carbonyl (C=O) groups excluding carboxylic acids is 1. The molecule has 1 aromatic rings. The smallest absolute Gasteiger partial charge is 0.242 e. The first-order chi connectivity index (χ1) is 8.66. The molecule has 0 bridgehead atoms. The van der Waals surface area contributed by atoms with Gasteiger partial charge in [-0.2, -0.15) is 0 Å². The molecule has 0 radical (unpaired) electrons. The number of hydrogen-bond donors (Lipinski definition) is 1. The lowest BCUT2D eigenvalue weighted by molar-refractivity contribution is -0.121. The predicted octanol–water partition coefficient (Wildman–Crippen LogP) is 3.52. The van der Waals surface area contributed by atoms with Gasteiger partial charge >= 0.3 is 0 Å². The van der Waals surface area contributed by atoms with Gasteiger partial charge in [0.25, 0.3) is 0 Å². The molecule has 0 aromatic heterocycles. The van der Waals surface area contributed by atoms with Gasteiger partial charge in [-0.15, -0.1) is 11.6 Å². The van der Waals surface area contributed by atoms with Crippen molar-refractivity contribution in [2.45, 2.75) is 31.6 Å². The van der Waals surface area contributed by atoms with Crippen molar-refractivity contribution < 1.29 is 4.79 Å². The van der Waals surface area contributed by atoms with Gasteiger partial charge in [0.2, 0.25) is 5.91 Å². The summed E-state index contributed by atoms with van der Waals surface area (Å²) < 4.78 is 0. The molecular weight excluding hydrogens is 246 g/mol. The van der Waals surface area contributed by atoms with Crippen LogP contribution in [0.1, 0.15) is 37.1 Å². The molecule has 3 heteroatoms. The third-order valence-electron chi connectivity index (χ3n) is 3.69. The van der Waals surface area contributed by atoms with E-state index in [1.165, 1.54) is 19.3 Å². The molecule has 1 aromatic carbocycles. The van der Waals surface area contributed by atoms with E-state index in [-0.39, 0.29) is 5.91 Å². The average molecular weight is 266 g/mol. The Morgan fingerprint density at radius 3 is 2.72 bits per heavy atom. The van der Waals surface area contributed by atoms with Crippen molar-refractivity contribution in [1.82, 2.24) is 5.32 Å². The molecule has 1 amide bonds. The monoisotopic (exact) mass is 265 g/mol. The van der Waals surface area contributed by atoms with Gasteiger partial charge < -0.3 is 5.32 Å². The van der Waals surface area contributed by atoms with E-state index in [4.69, 9.17) is 11.6 Å². The topological polar surface area (TPSA) is 29.1 Å². The van der Waals surface area contributed by atoms with Crippen LogP contribution < -0.4 is 5.32 Å². The van der Waals surface area contributed by atoms with Crippen LogP contribution in [0.3, 0.4) is 0 Å². The first-order valence-electron chi connectivity index (χ1n) is 6.63. The van der Waals surface area contributed by atoms with Crippen LogP contribution in [-0.4, -0.2) is 12.5 Å². The van der Waals surface area contributed by atoms with Crippen LogP contribution in [0.15, 0.2) is 30.3 Å². The van der Waals surface area contributed by atoms with Crippen molar-refractivity contribution in [3.8, 4) is 0 Å². The van der Waals surface area contributed by atoms with E-state index in [9.17, 15) is 4.79 Å². The maximum atomic E-state index is 11.9. The molecule has 1 aliphatic carbocycles. The molecule has 3 atom stereocenters. The summed E-state index contributed by atoms with van der Waals surface area (Å²) >= 11 is 6.16. The van der Waals surface area contributed by atoms with Crippen LogP contribution in [0.2, 0.25) is 0 Å². The lowest BCUT2D eigenvalue weighted by atomic mass is 10.1. The number of amides is 1. The van der Waals surface area contributed by atoms with Crippen molar-refractivity contribution in [2.24, 2.45) is 11.8 Å². The Kier molecular flexibility index (Phi) is 4.65. The summed E-state index contributed by atoms with van der Waals surface area (Å²) in [6.45, 7) is 3.04. The SMILES string of the molecule is CC1CCC(CNC(=O)C(Cl)c2ccccc2)C1. The lowest BCUT2D eigenvalue weighted by Gasteiger charge is -2.14. The molecule has 18 heavy (non-hydrogen) atoms.